The molecule has 0 radical (unpaired) electrons. The number of anilines is 1. The second-order valence-corrected chi connectivity index (χ2v) is 12.0. The molecule has 0 heterocycles. The van der Waals surface area contributed by atoms with Gasteiger partial charge in [0.1, 0.15) is 17.7 Å². The van der Waals surface area contributed by atoms with Gasteiger partial charge in [0.25, 0.3) is 5.91 Å². The molecule has 8 heteroatoms. The van der Waals surface area contributed by atoms with Crippen molar-refractivity contribution in [3.8, 4) is 0 Å². The zero-order valence-electron chi connectivity index (χ0n) is 24.9. The first-order chi connectivity index (χ1) is 18.3. The minimum absolute atomic E-state index is 0.277. The van der Waals surface area contributed by atoms with Gasteiger partial charge in [0, 0.05) is 11.7 Å². The van der Waals surface area contributed by atoms with Crippen molar-refractivity contribution in [3.63, 3.8) is 0 Å². The molecule has 39 heavy (non-hydrogen) atoms. The highest BCUT2D eigenvalue weighted by Gasteiger charge is 2.39. The molecule has 0 bridgehead atoms. The first kappa shape index (κ1) is 32.2. The van der Waals surface area contributed by atoms with E-state index in [1.54, 1.807) is 37.4 Å². The smallest absolute Gasteiger partial charge is 0.408 e. The van der Waals surface area contributed by atoms with Crippen LogP contribution < -0.4 is 10.6 Å². The molecule has 0 aliphatic carbocycles. The molecule has 0 fully saturated rings. The van der Waals surface area contributed by atoms with E-state index in [-0.39, 0.29) is 17.9 Å². The Balaban J connectivity index is 2.63. The number of ether oxygens (including phenoxy) is 1. The third-order valence-electron chi connectivity index (χ3n) is 6.66. The first-order valence-electron chi connectivity index (χ1n) is 13.5. The normalized spacial score (nSPS) is 13.7. The number of nitrogens with zero attached hydrogens (tertiary/aromatic N) is 1. The van der Waals surface area contributed by atoms with Crippen LogP contribution in [0.25, 0.3) is 0 Å². The molecule has 7 nitrogen and oxygen atoms in total. The molecule has 2 rings (SSSR count). The largest absolute Gasteiger partial charge is 0.444 e. The average Bonchev–Trinajstić information content (AvgIpc) is 2.85. The lowest BCUT2D eigenvalue weighted by Crippen LogP contribution is -2.55. The second-order valence-electron chi connectivity index (χ2n) is 11.0. The molecule has 3 amide bonds. The Bertz CT molecular complexity index is 1120. The van der Waals surface area contributed by atoms with Gasteiger partial charge in [-0.25, -0.2) is 4.79 Å². The maximum absolute atomic E-state index is 14.4. The molecule has 0 spiro atoms. The molecule has 3 unspecified atom stereocenters. The fourth-order valence-corrected chi connectivity index (χ4v) is 4.96. The molecule has 0 saturated heterocycles. The number of rotatable bonds is 11. The maximum atomic E-state index is 14.4. The summed E-state index contributed by atoms with van der Waals surface area (Å²) >= 11 is 1.59. The van der Waals surface area contributed by atoms with E-state index < -0.39 is 23.8 Å². The summed E-state index contributed by atoms with van der Waals surface area (Å²) in [6.45, 7) is 15.1. The summed E-state index contributed by atoms with van der Waals surface area (Å²) in [4.78, 5) is 43.0. The molecule has 214 valence electrons. The van der Waals surface area contributed by atoms with Gasteiger partial charge < -0.3 is 20.3 Å². The minimum atomic E-state index is -0.898. The van der Waals surface area contributed by atoms with Gasteiger partial charge >= 0.3 is 6.09 Å². The minimum Gasteiger partial charge on any atom is -0.444 e. The van der Waals surface area contributed by atoms with Gasteiger partial charge in [0.05, 0.1) is 0 Å². The quantitative estimate of drug-likeness (QED) is 0.328. The van der Waals surface area contributed by atoms with E-state index in [9.17, 15) is 14.4 Å². The number of thioether (sulfide) groups is 1. The van der Waals surface area contributed by atoms with E-state index in [1.807, 2.05) is 83.3 Å². The number of nitrogens with one attached hydrogen (secondary N) is 2. The van der Waals surface area contributed by atoms with Crippen molar-refractivity contribution in [1.82, 2.24) is 10.2 Å². The van der Waals surface area contributed by atoms with Crippen LogP contribution in [0.4, 0.5) is 10.5 Å². The average molecular weight is 556 g/mol. The summed E-state index contributed by atoms with van der Waals surface area (Å²) in [7, 11) is 0. The molecule has 2 N–H and O–H groups in total. The summed E-state index contributed by atoms with van der Waals surface area (Å²) in [5.74, 6) is 0.0531. The number of aryl methyl sites for hydroxylation is 3. The number of hydrogen-bond donors (Lipinski definition) is 2. The lowest BCUT2D eigenvalue weighted by atomic mass is 9.92. The van der Waals surface area contributed by atoms with E-state index in [1.165, 1.54) is 0 Å². The second kappa shape index (κ2) is 14.4. The van der Waals surface area contributed by atoms with Crippen molar-refractivity contribution in [1.29, 1.82) is 0 Å². The fraction of sp³-hybridized carbons (Fsp3) is 0.516. The summed E-state index contributed by atoms with van der Waals surface area (Å²) < 4.78 is 5.48. The Labute approximate surface area is 238 Å². The van der Waals surface area contributed by atoms with Gasteiger partial charge in [-0.3, -0.25) is 9.59 Å². The van der Waals surface area contributed by atoms with Gasteiger partial charge in [0.2, 0.25) is 5.91 Å². The van der Waals surface area contributed by atoms with E-state index >= 15 is 0 Å². The number of para-hydroxylation sites is 1. The highest BCUT2D eigenvalue weighted by Crippen LogP contribution is 2.32. The van der Waals surface area contributed by atoms with Crippen LogP contribution in [0.5, 0.6) is 0 Å². The Morgan fingerprint density at radius 1 is 0.974 bits per heavy atom. The monoisotopic (exact) mass is 555 g/mol. The molecule has 0 aliphatic rings. The molecular weight excluding hydrogens is 510 g/mol. The van der Waals surface area contributed by atoms with E-state index in [0.717, 1.165) is 22.3 Å². The number of carbonyl (C=O) groups excluding carboxylic acids is 3. The summed E-state index contributed by atoms with van der Waals surface area (Å²) in [6.07, 6.45) is 2.34. The van der Waals surface area contributed by atoms with Crippen LogP contribution in [0.2, 0.25) is 0 Å². The Morgan fingerprint density at radius 2 is 1.56 bits per heavy atom. The Morgan fingerprint density at radius 3 is 2.10 bits per heavy atom. The van der Waals surface area contributed by atoms with Crippen LogP contribution in [0.1, 0.15) is 75.8 Å². The number of hydrogen-bond acceptors (Lipinski definition) is 5. The number of benzene rings is 2. The maximum Gasteiger partial charge on any atom is 0.408 e. The highest BCUT2D eigenvalue weighted by molar-refractivity contribution is 7.98. The van der Waals surface area contributed by atoms with Gasteiger partial charge in [-0.15, -0.1) is 0 Å². The van der Waals surface area contributed by atoms with Gasteiger partial charge in [-0.1, -0.05) is 43.3 Å². The lowest BCUT2D eigenvalue weighted by Gasteiger charge is -2.39. The van der Waals surface area contributed by atoms with E-state index in [0.29, 0.717) is 24.3 Å². The van der Waals surface area contributed by atoms with Crippen molar-refractivity contribution < 1.29 is 19.1 Å². The molecular formula is C31H45N3O4S. The van der Waals surface area contributed by atoms with Crippen molar-refractivity contribution in [3.05, 3.63) is 64.7 Å². The fourth-order valence-electron chi connectivity index (χ4n) is 4.49. The van der Waals surface area contributed by atoms with Crippen LogP contribution in [0, 0.1) is 20.8 Å². The van der Waals surface area contributed by atoms with Crippen LogP contribution in [-0.2, 0) is 14.3 Å². The van der Waals surface area contributed by atoms with Crippen molar-refractivity contribution >= 4 is 35.4 Å². The number of amides is 3. The first-order valence-corrected chi connectivity index (χ1v) is 14.9. The third kappa shape index (κ3) is 9.02. The predicted molar refractivity (Wildman–Crippen MR) is 161 cm³/mol. The lowest BCUT2D eigenvalue weighted by molar-refractivity contribution is -0.143. The molecule has 0 saturated carbocycles. The molecule has 3 atom stereocenters. The van der Waals surface area contributed by atoms with Crippen LogP contribution in [0.3, 0.4) is 0 Å². The topological polar surface area (TPSA) is 87.7 Å². The van der Waals surface area contributed by atoms with Crippen molar-refractivity contribution in [2.75, 3.05) is 17.3 Å². The Hall–Kier alpha value is -3.00. The number of carbonyl (C=O) groups is 3. The zero-order chi connectivity index (χ0) is 29.3. The predicted octanol–water partition coefficient (Wildman–Crippen LogP) is 6.57. The van der Waals surface area contributed by atoms with Crippen molar-refractivity contribution in [2.45, 2.75) is 92.0 Å². The standard InChI is InChI=1S/C31H45N3O4S/c1-10-23(5)34(29(36)25(18-19-39-9)33-30(37)38-31(6,7)8)27(26-21(3)15-13-16-22(26)4)28(35)32-24-17-12-11-14-20(24)2/h11-17,23,25,27H,10,18-19H2,1-9H3,(H,32,35)(H,33,37). The molecule has 2 aromatic rings. The summed E-state index contributed by atoms with van der Waals surface area (Å²) in [6, 6.07) is 11.4. The SMILES string of the molecule is CCC(C)N(C(=O)C(CCSC)NC(=O)OC(C)(C)C)C(C(=O)Nc1ccccc1C)c1c(C)cccc1C. The Kier molecular flexibility index (Phi) is 11.9. The third-order valence-corrected chi connectivity index (χ3v) is 7.31. The zero-order valence-corrected chi connectivity index (χ0v) is 25.7. The molecule has 0 aliphatic heterocycles. The summed E-state index contributed by atoms with van der Waals surface area (Å²) in [5.41, 5.74) is 3.54. The molecule has 0 aromatic heterocycles. The van der Waals surface area contributed by atoms with Crippen molar-refractivity contribution in [2.24, 2.45) is 0 Å². The van der Waals surface area contributed by atoms with Gasteiger partial charge in [-0.2, -0.15) is 11.8 Å². The van der Waals surface area contributed by atoms with Crippen LogP contribution in [-0.4, -0.2) is 52.5 Å². The van der Waals surface area contributed by atoms with E-state index in [2.05, 4.69) is 10.6 Å². The molecule has 2 aromatic carbocycles. The van der Waals surface area contributed by atoms with Gasteiger partial charge in [0.15, 0.2) is 0 Å². The summed E-state index contributed by atoms with van der Waals surface area (Å²) in [5, 5.41) is 5.89. The van der Waals surface area contributed by atoms with Crippen LogP contribution >= 0.6 is 11.8 Å². The van der Waals surface area contributed by atoms with E-state index in [4.69, 9.17) is 4.74 Å². The highest BCUT2D eigenvalue weighted by atomic mass is 32.2. The van der Waals surface area contributed by atoms with Gasteiger partial charge in [-0.05, 0) is 102 Å². The number of alkyl carbamates (subject to hydrolysis) is 1. The van der Waals surface area contributed by atoms with Crippen LogP contribution in [0.15, 0.2) is 42.5 Å².